The second-order valence-electron chi connectivity index (χ2n) is 3.94. The quantitative estimate of drug-likeness (QED) is 0.831. The summed E-state index contributed by atoms with van der Waals surface area (Å²) in [4.78, 5) is 4.31. The third kappa shape index (κ3) is 2.79. The van der Waals surface area contributed by atoms with Crippen molar-refractivity contribution in [1.29, 1.82) is 0 Å². The Morgan fingerprint density at radius 3 is 2.94 bits per heavy atom. The number of aliphatic hydroxyl groups is 1. The summed E-state index contributed by atoms with van der Waals surface area (Å²) in [6.45, 7) is 2.75. The van der Waals surface area contributed by atoms with E-state index in [-0.39, 0.29) is 6.61 Å². The number of nitrogens with zero attached hydrogens (tertiary/aromatic N) is 2. The van der Waals surface area contributed by atoms with Crippen LogP contribution in [0.25, 0.3) is 0 Å². The van der Waals surface area contributed by atoms with Crippen molar-refractivity contribution in [3.05, 3.63) is 53.6 Å². The predicted molar refractivity (Wildman–Crippen MR) is 71.1 cm³/mol. The molecule has 3 nitrogen and oxygen atoms in total. The topological polar surface area (TPSA) is 38.0 Å². The minimum Gasteiger partial charge on any atom is -0.384 e. The normalized spacial score (nSPS) is 9.89. The molecule has 0 radical (unpaired) electrons. The van der Waals surface area contributed by atoms with Crippen LogP contribution in [-0.2, 0) is 13.0 Å². The average molecular weight is 240 g/mol. The molecule has 92 valence electrons. The van der Waals surface area contributed by atoms with Crippen LogP contribution in [-0.4, -0.2) is 21.3 Å². The summed E-state index contributed by atoms with van der Waals surface area (Å²) in [6, 6.07) is 7.99. The van der Waals surface area contributed by atoms with E-state index in [1.54, 1.807) is 0 Å². The highest BCUT2D eigenvalue weighted by molar-refractivity contribution is 5.41. The van der Waals surface area contributed by atoms with Gasteiger partial charge in [0.1, 0.15) is 12.4 Å². The van der Waals surface area contributed by atoms with Gasteiger partial charge in [-0.05, 0) is 11.6 Å². The van der Waals surface area contributed by atoms with E-state index in [0.717, 1.165) is 29.9 Å². The molecule has 0 atom stereocenters. The van der Waals surface area contributed by atoms with E-state index < -0.39 is 0 Å². The zero-order chi connectivity index (χ0) is 12.8. The molecule has 0 saturated heterocycles. The molecular formula is C15H16N2O. The number of imidazole rings is 1. The number of rotatable bonds is 3. The van der Waals surface area contributed by atoms with E-state index in [4.69, 9.17) is 5.11 Å². The molecule has 18 heavy (non-hydrogen) atoms. The number of hydrogen-bond donors (Lipinski definition) is 1. The predicted octanol–water partition coefficient (Wildman–Crippen LogP) is 1.84. The van der Waals surface area contributed by atoms with Crippen LogP contribution in [0, 0.1) is 11.8 Å². The van der Waals surface area contributed by atoms with Crippen molar-refractivity contribution in [1.82, 2.24) is 9.55 Å². The molecule has 0 spiro atoms. The van der Waals surface area contributed by atoms with Gasteiger partial charge in [-0.25, -0.2) is 4.98 Å². The molecule has 2 aromatic rings. The molecule has 0 aliphatic carbocycles. The van der Waals surface area contributed by atoms with Crippen LogP contribution in [0.2, 0.25) is 0 Å². The third-order valence-electron chi connectivity index (χ3n) is 2.78. The van der Waals surface area contributed by atoms with Crippen LogP contribution in [0.15, 0.2) is 36.7 Å². The van der Waals surface area contributed by atoms with Crippen LogP contribution in [0.5, 0.6) is 0 Å². The molecule has 1 N–H and O–H groups in total. The summed E-state index contributed by atoms with van der Waals surface area (Å²) >= 11 is 0. The van der Waals surface area contributed by atoms with E-state index in [1.807, 2.05) is 30.6 Å². The molecule has 2 rings (SSSR count). The molecule has 1 heterocycles. The first-order valence-corrected chi connectivity index (χ1v) is 6.02. The lowest BCUT2D eigenvalue weighted by Gasteiger charge is -2.08. The summed E-state index contributed by atoms with van der Waals surface area (Å²) in [7, 11) is 0. The van der Waals surface area contributed by atoms with Crippen molar-refractivity contribution in [2.45, 2.75) is 19.9 Å². The molecule has 1 aromatic carbocycles. The standard InChI is InChI=1S/C15H16N2O/c1-2-15-16-9-10-17(15)12-14-7-4-3-6-13(14)8-5-11-18/h3-4,6-7,9-10,18H,2,11-12H2,1H3. The molecule has 0 amide bonds. The Morgan fingerprint density at radius 1 is 1.33 bits per heavy atom. The number of aliphatic hydroxyl groups excluding tert-OH is 1. The fraction of sp³-hybridized carbons (Fsp3) is 0.267. The summed E-state index contributed by atoms with van der Waals surface area (Å²) in [5.41, 5.74) is 2.11. The Bertz CT molecular complexity index is 575. The Labute approximate surface area is 107 Å². The van der Waals surface area contributed by atoms with Gasteiger partial charge in [0.25, 0.3) is 0 Å². The van der Waals surface area contributed by atoms with E-state index >= 15 is 0 Å². The van der Waals surface area contributed by atoms with Gasteiger partial charge >= 0.3 is 0 Å². The largest absolute Gasteiger partial charge is 0.384 e. The maximum atomic E-state index is 8.77. The second kappa shape index (κ2) is 6.04. The monoisotopic (exact) mass is 240 g/mol. The summed E-state index contributed by atoms with van der Waals surface area (Å²) < 4.78 is 2.12. The lowest BCUT2D eigenvalue weighted by atomic mass is 10.1. The van der Waals surface area contributed by atoms with Gasteiger partial charge in [-0.2, -0.15) is 0 Å². The number of benzene rings is 1. The van der Waals surface area contributed by atoms with Crippen LogP contribution in [0.1, 0.15) is 23.9 Å². The van der Waals surface area contributed by atoms with Crippen LogP contribution in [0.3, 0.4) is 0 Å². The first-order valence-electron chi connectivity index (χ1n) is 6.02. The summed E-state index contributed by atoms with van der Waals surface area (Å²) in [5.74, 6) is 6.74. The van der Waals surface area contributed by atoms with Gasteiger partial charge < -0.3 is 9.67 Å². The van der Waals surface area contributed by atoms with Gasteiger partial charge in [0, 0.05) is 30.9 Å². The molecule has 0 aliphatic heterocycles. The van der Waals surface area contributed by atoms with Gasteiger partial charge in [0.05, 0.1) is 0 Å². The zero-order valence-electron chi connectivity index (χ0n) is 10.4. The first-order chi connectivity index (χ1) is 8.85. The Hall–Kier alpha value is -2.05. The summed E-state index contributed by atoms with van der Waals surface area (Å²) in [6.07, 6.45) is 4.72. The minimum absolute atomic E-state index is 0.111. The van der Waals surface area contributed by atoms with Gasteiger partial charge in [-0.3, -0.25) is 0 Å². The molecule has 0 fully saturated rings. The van der Waals surface area contributed by atoms with Crippen molar-refractivity contribution in [3.8, 4) is 11.8 Å². The molecule has 0 bridgehead atoms. The Kier molecular flexibility index (Phi) is 4.16. The highest BCUT2D eigenvalue weighted by Crippen LogP contribution is 2.11. The van der Waals surface area contributed by atoms with E-state index in [2.05, 4.69) is 34.4 Å². The van der Waals surface area contributed by atoms with Gasteiger partial charge in [0.15, 0.2) is 0 Å². The first kappa shape index (κ1) is 12.4. The van der Waals surface area contributed by atoms with Crippen molar-refractivity contribution in [2.75, 3.05) is 6.61 Å². The van der Waals surface area contributed by atoms with E-state index in [0.29, 0.717) is 0 Å². The maximum Gasteiger partial charge on any atom is 0.108 e. The van der Waals surface area contributed by atoms with Crippen molar-refractivity contribution in [2.24, 2.45) is 0 Å². The maximum absolute atomic E-state index is 8.77. The molecule has 0 aliphatic rings. The van der Waals surface area contributed by atoms with Crippen molar-refractivity contribution < 1.29 is 5.11 Å². The second-order valence-corrected chi connectivity index (χ2v) is 3.94. The number of hydrogen-bond acceptors (Lipinski definition) is 2. The van der Waals surface area contributed by atoms with Gasteiger partial charge in [0.2, 0.25) is 0 Å². The molecule has 0 saturated carbocycles. The SMILES string of the molecule is CCc1nccn1Cc1ccccc1C#CCO. The van der Waals surface area contributed by atoms with Crippen LogP contribution in [0.4, 0.5) is 0 Å². The van der Waals surface area contributed by atoms with E-state index in [9.17, 15) is 0 Å². The highest BCUT2D eigenvalue weighted by Gasteiger charge is 2.04. The van der Waals surface area contributed by atoms with Crippen molar-refractivity contribution >= 4 is 0 Å². The fourth-order valence-corrected chi connectivity index (χ4v) is 1.90. The minimum atomic E-state index is -0.111. The van der Waals surface area contributed by atoms with Crippen molar-refractivity contribution in [3.63, 3.8) is 0 Å². The van der Waals surface area contributed by atoms with Gasteiger partial charge in [-0.15, -0.1) is 0 Å². The fourth-order valence-electron chi connectivity index (χ4n) is 1.90. The smallest absolute Gasteiger partial charge is 0.108 e. The van der Waals surface area contributed by atoms with Crippen LogP contribution < -0.4 is 0 Å². The number of aromatic nitrogens is 2. The average Bonchev–Trinajstić information content (AvgIpc) is 2.85. The molecular weight excluding hydrogens is 224 g/mol. The Balaban J connectivity index is 2.29. The number of aryl methyl sites for hydroxylation is 1. The lowest BCUT2D eigenvalue weighted by Crippen LogP contribution is -2.04. The Morgan fingerprint density at radius 2 is 2.17 bits per heavy atom. The molecule has 3 heteroatoms. The molecule has 0 unspecified atom stereocenters. The molecule has 1 aromatic heterocycles. The third-order valence-corrected chi connectivity index (χ3v) is 2.78. The lowest BCUT2D eigenvalue weighted by molar-refractivity contribution is 0.350. The van der Waals surface area contributed by atoms with Crippen LogP contribution >= 0.6 is 0 Å². The highest BCUT2D eigenvalue weighted by atomic mass is 16.2. The zero-order valence-corrected chi connectivity index (χ0v) is 10.4. The summed E-state index contributed by atoms with van der Waals surface area (Å²) in [5, 5.41) is 8.77. The van der Waals surface area contributed by atoms with Gasteiger partial charge in [-0.1, -0.05) is 37.0 Å². The van der Waals surface area contributed by atoms with E-state index in [1.165, 1.54) is 0 Å².